The molecule has 0 spiro atoms. The number of nitrogens with zero attached hydrogens (tertiary/aromatic N) is 1. The Bertz CT molecular complexity index is 496. The van der Waals surface area contributed by atoms with Gasteiger partial charge in [-0.15, -0.1) is 0 Å². The third-order valence-electron chi connectivity index (χ3n) is 3.96. The molecule has 2 unspecified atom stereocenters. The highest BCUT2D eigenvalue weighted by atomic mass is 16.2. The van der Waals surface area contributed by atoms with E-state index in [2.05, 4.69) is 5.32 Å². The van der Waals surface area contributed by atoms with Gasteiger partial charge in [0.1, 0.15) is 12.1 Å². The molecule has 3 rings (SSSR count). The second-order valence-corrected chi connectivity index (χ2v) is 5.26. The van der Waals surface area contributed by atoms with E-state index >= 15 is 0 Å². The second kappa shape index (κ2) is 4.68. The highest BCUT2D eigenvalue weighted by Crippen LogP contribution is 2.37. The van der Waals surface area contributed by atoms with Crippen LogP contribution in [0.25, 0.3) is 0 Å². The number of benzene rings is 1. The van der Waals surface area contributed by atoms with Gasteiger partial charge in [0, 0.05) is 6.54 Å². The topological polar surface area (TPSA) is 49.4 Å². The van der Waals surface area contributed by atoms with Crippen molar-refractivity contribution < 1.29 is 9.59 Å². The Labute approximate surface area is 112 Å². The summed E-state index contributed by atoms with van der Waals surface area (Å²) in [5, 5.41) is 2.91. The van der Waals surface area contributed by atoms with Crippen LogP contribution in [0.15, 0.2) is 30.3 Å². The molecule has 19 heavy (non-hydrogen) atoms. The molecule has 0 bridgehead atoms. The van der Waals surface area contributed by atoms with Gasteiger partial charge in [0.05, 0.1) is 0 Å². The second-order valence-electron chi connectivity index (χ2n) is 5.26. The molecule has 0 aromatic heterocycles. The van der Waals surface area contributed by atoms with Crippen LogP contribution < -0.4 is 5.32 Å². The van der Waals surface area contributed by atoms with Gasteiger partial charge in [-0.3, -0.25) is 9.59 Å². The summed E-state index contributed by atoms with van der Waals surface area (Å²) in [5.74, 6) is 0.366. The Morgan fingerprint density at radius 2 is 1.89 bits per heavy atom. The van der Waals surface area contributed by atoms with Crippen molar-refractivity contribution >= 4 is 11.8 Å². The average molecular weight is 258 g/mol. The van der Waals surface area contributed by atoms with Gasteiger partial charge in [-0.05, 0) is 31.2 Å². The van der Waals surface area contributed by atoms with E-state index in [1.807, 2.05) is 37.3 Å². The van der Waals surface area contributed by atoms with Crippen molar-refractivity contribution in [3.05, 3.63) is 35.9 Å². The molecule has 1 aromatic rings. The lowest BCUT2D eigenvalue weighted by molar-refractivity contribution is -0.150. The normalized spacial score (nSPS) is 27.3. The largest absolute Gasteiger partial charge is 0.342 e. The fraction of sp³-hybridized carbons (Fsp3) is 0.467. The molecule has 1 N–H and O–H groups in total. The zero-order valence-electron chi connectivity index (χ0n) is 11.0. The molecule has 1 aromatic carbocycles. The molecule has 1 aliphatic heterocycles. The minimum Gasteiger partial charge on any atom is -0.342 e. The summed E-state index contributed by atoms with van der Waals surface area (Å²) in [6.45, 7) is 2.49. The third kappa shape index (κ3) is 2.11. The number of carbonyl (C=O) groups is 2. The van der Waals surface area contributed by atoms with E-state index in [9.17, 15) is 9.59 Å². The number of hydrogen-bond donors (Lipinski definition) is 1. The molecule has 4 nitrogen and oxygen atoms in total. The van der Waals surface area contributed by atoms with Crippen molar-refractivity contribution in [3.8, 4) is 0 Å². The lowest BCUT2D eigenvalue weighted by Crippen LogP contribution is -2.60. The van der Waals surface area contributed by atoms with Crippen LogP contribution in [0.5, 0.6) is 0 Å². The number of likely N-dealkylation sites (N-methyl/N-ethyl adjacent to an activating group) is 1. The van der Waals surface area contributed by atoms with Crippen molar-refractivity contribution in [2.75, 3.05) is 6.54 Å². The number of carbonyl (C=O) groups excluding carboxylic acids is 2. The summed E-state index contributed by atoms with van der Waals surface area (Å²) >= 11 is 0. The number of nitrogens with one attached hydrogen (secondary N) is 1. The lowest BCUT2D eigenvalue weighted by Gasteiger charge is -2.38. The Morgan fingerprint density at radius 3 is 2.47 bits per heavy atom. The van der Waals surface area contributed by atoms with Gasteiger partial charge in [-0.25, -0.2) is 0 Å². The molecular weight excluding hydrogens is 240 g/mol. The molecular formula is C15H18N2O2. The van der Waals surface area contributed by atoms with Gasteiger partial charge in [0.15, 0.2) is 0 Å². The Hall–Kier alpha value is -1.84. The van der Waals surface area contributed by atoms with Crippen LogP contribution in [-0.2, 0) is 9.59 Å². The average Bonchev–Trinajstić information content (AvgIpc) is 3.26. The first kappa shape index (κ1) is 12.2. The van der Waals surface area contributed by atoms with Gasteiger partial charge in [0.2, 0.25) is 11.8 Å². The summed E-state index contributed by atoms with van der Waals surface area (Å²) in [5.41, 5.74) is 0.879. The number of rotatable bonds is 3. The molecule has 1 aliphatic carbocycles. The van der Waals surface area contributed by atoms with Gasteiger partial charge in [0.25, 0.3) is 0 Å². The maximum Gasteiger partial charge on any atom is 0.248 e. The fourth-order valence-electron chi connectivity index (χ4n) is 2.80. The number of hydrogen-bond acceptors (Lipinski definition) is 2. The minimum absolute atomic E-state index is 0.0513. The van der Waals surface area contributed by atoms with Gasteiger partial charge in [-0.2, -0.15) is 0 Å². The van der Waals surface area contributed by atoms with Crippen molar-refractivity contribution in [2.45, 2.75) is 31.8 Å². The molecule has 4 heteroatoms. The first-order valence-corrected chi connectivity index (χ1v) is 6.88. The predicted molar refractivity (Wildman–Crippen MR) is 71.2 cm³/mol. The van der Waals surface area contributed by atoms with Crippen molar-refractivity contribution in [2.24, 2.45) is 5.92 Å². The standard InChI is InChI=1S/C15H18N2O2/c1-2-17-13(11-6-4-3-5-7-11)14(18)16-12(15(17)19)10-8-9-10/h3-7,10,12-13H,2,8-9H2,1H3,(H,16,18). The summed E-state index contributed by atoms with van der Waals surface area (Å²) in [4.78, 5) is 26.5. The molecule has 1 saturated carbocycles. The first-order valence-electron chi connectivity index (χ1n) is 6.88. The number of amides is 2. The molecule has 2 fully saturated rings. The van der Waals surface area contributed by atoms with Crippen LogP contribution in [0.4, 0.5) is 0 Å². The summed E-state index contributed by atoms with van der Waals surface area (Å²) < 4.78 is 0. The van der Waals surface area contributed by atoms with Gasteiger partial charge >= 0.3 is 0 Å². The Balaban J connectivity index is 1.91. The highest BCUT2D eigenvalue weighted by molar-refractivity contribution is 5.97. The third-order valence-corrected chi connectivity index (χ3v) is 3.96. The van der Waals surface area contributed by atoms with E-state index in [0.29, 0.717) is 12.5 Å². The maximum atomic E-state index is 12.5. The Kier molecular flexibility index (Phi) is 3.01. The highest BCUT2D eigenvalue weighted by Gasteiger charge is 2.46. The monoisotopic (exact) mass is 258 g/mol. The van der Waals surface area contributed by atoms with E-state index < -0.39 is 6.04 Å². The van der Waals surface area contributed by atoms with Gasteiger partial charge in [-0.1, -0.05) is 30.3 Å². The summed E-state index contributed by atoms with van der Waals surface area (Å²) in [7, 11) is 0. The van der Waals surface area contributed by atoms with Crippen LogP contribution in [-0.4, -0.2) is 29.3 Å². The maximum absolute atomic E-state index is 12.5. The number of piperazine rings is 1. The molecule has 2 atom stereocenters. The van der Waals surface area contributed by atoms with Crippen molar-refractivity contribution in [1.29, 1.82) is 0 Å². The molecule has 100 valence electrons. The summed E-state index contributed by atoms with van der Waals surface area (Å²) in [6.07, 6.45) is 2.09. The molecule has 0 radical (unpaired) electrons. The van der Waals surface area contributed by atoms with E-state index in [4.69, 9.17) is 0 Å². The van der Waals surface area contributed by atoms with Crippen LogP contribution in [0.2, 0.25) is 0 Å². The van der Waals surface area contributed by atoms with Crippen LogP contribution in [0, 0.1) is 5.92 Å². The fourth-order valence-corrected chi connectivity index (χ4v) is 2.80. The van der Waals surface area contributed by atoms with Crippen LogP contribution in [0.1, 0.15) is 31.4 Å². The van der Waals surface area contributed by atoms with E-state index in [-0.39, 0.29) is 17.9 Å². The Morgan fingerprint density at radius 1 is 1.21 bits per heavy atom. The zero-order chi connectivity index (χ0) is 13.4. The lowest BCUT2D eigenvalue weighted by atomic mass is 9.98. The van der Waals surface area contributed by atoms with E-state index in [0.717, 1.165) is 18.4 Å². The SMILES string of the molecule is CCN1C(=O)C(C2CC2)NC(=O)C1c1ccccc1. The summed E-state index contributed by atoms with van der Waals surface area (Å²) in [6, 6.07) is 8.73. The van der Waals surface area contributed by atoms with Crippen molar-refractivity contribution in [1.82, 2.24) is 10.2 Å². The minimum atomic E-state index is -0.478. The molecule has 1 heterocycles. The van der Waals surface area contributed by atoms with Crippen LogP contribution in [0.3, 0.4) is 0 Å². The van der Waals surface area contributed by atoms with Crippen molar-refractivity contribution in [3.63, 3.8) is 0 Å². The molecule has 2 aliphatic rings. The quantitative estimate of drug-likeness (QED) is 0.893. The van der Waals surface area contributed by atoms with Crippen LogP contribution >= 0.6 is 0 Å². The predicted octanol–water partition coefficient (Wildman–Crippen LogP) is 1.48. The van der Waals surface area contributed by atoms with Gasteiger partial charge < -0.3 is 10.2 Å². The molecule has 1 saturated heterocycles. The van der Waals surface area contributed by atoms with E-state index in [1.54, 1.807) is 4.90 Å². The molecule has 2 amide bonds. The first-order chi connectivity index (χ1) is 9.22. The zero-order valence-corrected chi connectivity index (χ0v) is 11.0. The smallest absolute Gasteiger partial charge is 0.248 e. The van der Waals surface area contributed by atoms with E-state index in [1.165, 1.54) is 0 Å².